The van der Waals surface area contributed by atoms with Crippen LogP contribution in [0.5, 0.6) is 0 Å². The number of carbonyl (C=O) groups is 1. The number of halogens is 2. The van der Waals surface area contributed by atoms with E-state index in [2.05, 4.69) is 5.10 Å². The molecular formula is C14H13Cl2N3O3. The van der Waals surface area contributed by atoms with E-state index >= 15 is 0 Å². The van der Waals surface area contributed by atoms with Crippen molar-refractivity contribution in [2.24, 2.45) is 0 Å². The number of carbonyl (C=O) groups excluding carboxylic acids is 1. The molecule has 0 N–H and O–H groups in total. The van der Waals surface area contributed by atoms with Crippen molar-refractivity contribution in [3.63, 3.8) is 0 Å². The number of aldehydes is 1. The Hall–Kier alpha value is -1.92. The van der Waals surface area contributed by atoms with Crippen molar-refractivity contribution in [2.75, 3.05) is 0 Å². The Balaban J connectivity index is 2.75. The molecule has 8 heteroatoms. The number of rotatable bonds is 3. The van der Waals surface area contributed by atoms with Crippen LogP contribution in [0.4, 0.5) is 5.69 Å². The first-order valence-corrected chi connectivity index (χ1v) is 7.11. The quantitative estimate of drug-likeness (QED) is 0.472. The van der Waals surface area contributed by atoms with E-state index in [1.165, 1.54) is 22.9 Å². The molecule has 1 aromatic heterocycles. The zero-order valence-corrected chi connectivity index (χ0v) is 13.6. The number of hydrogen-bond acceptors (Lipinski definition) is 4. The maximum absolute atomic E-state index is 11.4. The first-order valence-electron chi connectivity index (χ1n) is 6.35. The largest absolute Gasteiger partial charge is 0.298 e. The number of hydrogen-bond donors (Lipinski definition) is 0. The lowest BCUT2D eigenvalue weighted by Crippen LogP contribution is -2.23. The zero-order valence-electron chi connectivity index (χ0n) is 12.1. The van der Waals surface area contributed by atoms with E-state index < -0.39 is 10.5 Å². The third kappa shape index (κ3) is 2.84. The third-order valence-corrected chi connectivity index (χ3v) is 3.73. The summed E-state index contributed by atoms with van der Waals surface area (Å²) in [4.78, 5) is 21.8. The summed E-state index contributed by atoms with van der Waals surface area (Å²) < 4.78 is 1.49. The number of nitro groups is 1. The van der Waals surface area contributed by atoms with E-state index in [-0.39, 0.29) is 27.1 Å². The van der Waals surface area contributed by atoms with Gasteiger partial charge in [0.15, 0.2) is 6.29 Å². The molecule has 0 radical (unpaired) electrons. The fourth-order valence-electron chi connectivity index (χ4n) is 1.97. The predicted octanol–water partition coefficient (Wildman–Crippen LogP) is 4.33. The number of aromatic nitrogens is 2. The Kier molecular flexibility index (Phi) is 4.26. The van der Waals surface area contributed by atoms with Gasteiger partial charge in [-0.25, -0.2) is 4.68 Å². The summed E-state index contributed by atoms with van der Waals surface area (Å²) in [6.45, 7) is 5.62. The number of nitro benzene ring substituents is 1. The van der Waals surface area contributed by atoms with Gasteiger partial charge in [0.1, 0.15) is 10.8 Å². The van der Waals surface area contributed by atoms with E-state index in [9.17, 15) is 14.9 Å². The number of benzene rings is 1. The first-order chi connectivity index (χ1) is 10.2. The molecule has 0 spiro atoms. The van der Waals surface area contributed by atoms with Crippen molar-refractivity contribution < 1.29 is 9.72 Å². The molecule has 1 heterocycles. The van der Waals surface area contributed by atoms with E-state index in [0.29, 0.717) is 11.8 Å². The molecule has 0 fully saturated rings. The van der Waals surface area contributed by atoms with Gasteiger partial charge in [0.05, 0.1) is 21.0 Å². The molecule has 0 aliphatic rings. The normalized spacial score (nSPS) is 11.5. The van der Waals surface area contributed by atoms with Gasteiger partial charge in [0.2, 0.25) is 0 Å². The lowest BCUT2D eigenvalue weighted by molar-refractivity contribution is -0.384. The molecule has 6 nitrogen and oxygen atoms in total. The first kappa shape index (κ1) is 16.5. The fraction of sp³-hybridized carbons (Fsp3) is 0.286. The molecule has 0 bridgehead atoms. The molecule has 0 saturated heterocycles. The monoisotopic (exact) mass is 341 g/mol. The van der Waals surface area contributed by atoms with Gasteiger partial charge in [0.25, 0.3) is 5.69 Å². The van der Waals surface area contributed by atoms with Crippen molar-refractivity contribution in [3.05, 3.63) is 44.1 Å². The van der Waals surface area contributed by atoms with Gasteiger partial charge >= 0.3 is 0 Å². The Morgan fingerprint density at radius 2 is 1.95 bits per heavy atom. The van der Waals surface area contributed by atoms with Crippen molar-refractivity contribution in [3.8, 4) is 11.3 Å². The Morgan fingerprint density at radius 3 is 2.45 bits per heavy atom. The molecule has 2 rings (SSSR count). The topological polar surface area (TPSA) is 78.0 Å². The van der Waals surface area contributed by atoms with Crippen LogP contribution in [-0.4, -0.2) is 21.0 Å². The van der Waals surface area contributed by atoms with Crippen molar-refractivity contribution >= 4 is 35.2 Å². The average Bonchev–Trinajstić information content (AvgIpc) is 2.75. The Bertz CT molecular complexity index is 763. The minimum absolute atomic E-state index is 0.141. The van der Waals surface area contributed by atoms with Crippen molar-refractivity contribution in [1.82, 2.24) is 9.78 Å². The van der Waals surface area contributed by atoms with Gasteiger partial charge < -0.3 is 0 Å². The second-order valence-electron chi connectivity index (χ2n) is 5.67. The van der Waals surface area contributed by atoms with Crippen LogP contribution in [0.3, 0.4) is 0 Å². The molecule has 2 aromatic rings. The Morgan fingerprint density at radius 1 is 1.32 bits per heavy atom. The highest BCUT2D eigenvalue weighted by atomic mass is 35.5. The Labute approximate surface area is 136 Å². The molecule has 0 saturated carbocycles. The van der Waals surface area contributed by atoms with E-state index in [0.717, 1.165) is 0 Å². The lowest BCUT2D eigenvalue weighted by Gasteiger charge is -2.20. The molecule has 0 unspecified atom stereocenters. The highest BCUT2D eigenvalue weighted by Gasteiger charge is 2.26. The van der Waals surface area contributed by atoms with E-state index in [1.54, 1.807) is 0 Å². The highest BCUT2D eigenvalue weighted by Crippen LogP contribution is 2.36. The van der Waals surface area contributed by atoms with E-state index in [4.69, 9.17) is 23.2 Å². The molecule has 0 aliphatic heterocycles. The average molecular weight is 342 g/mol. The third-order valence-electron chi connectivity index (χ3n) is 3.03. The second kappa shape index (κ2) is 5.70. The molecular weight excluding hydrogens is 329 g/mol. The second-order valence-corrected chi connectivity index (χ2v) is 6.44. The molecule has 0 amide bonds. The van der Waals surface area contributed by atoms with Crippen LogP contribution in [0.25, 0.3) is 11.3 Å². The lowest BCUT2D eigenvalue weighted by atomic mass is 10.1. The van der Waals surface area contributed by atoms with Crippen LogP contribution < -0.4 is 0 Å². The summed E-state index contributed by atoms with van der Waals surface area (Å²) in [7, 11) is 0. The summed E-state index contributed by atoms with van der Waals surface area (Å²) in [5, 5.41) is 15.7. The minimum Gasteiger partial charge on any atom is -0.298 e. The van der Waals surface area contributed by atoms with Gasteiger partial charge in [-0.05, 0) is 26.8 Å². The molecule has 116 valence electrons. The van der Waals surface area contributed by atoms with Crippen molar-refractivity contribution in [1.29, 1.82) is 0 Å². The summed E-state index contributed by atoms with van der Waals surface area (Å²) in [5.74, 6) is 0. The van der Waals surface area contributed by atoms with E-state index in [1.807, 2.05) is 20.8 Å². The van der Waals surface area contributed by atoms with Crippen LogP contribution in [0.2, 0.25) is 10.2 Å². The highest BCUT2D eigenvalue weighted by molar-refractivity contribution is 6.35. The van der Waals surface area contributed by atoms with Gasteiger partial charge in [-0.2, -0.15) is 5.10 Å². The SMILES string of the molecule is CC(C)(C)n1nc(-c2cc([N+](=O)[O-])ccc2Cl)c(C=O)c1Cl. The fourth-order valence-corrected chi connectivity index (χ4v) is 2.60. The maximum Gasteiger partial charge on any atom is 0.270 e. The van der Waals surface area contributed by atoms with Crippen molar-refractivity contribution in [2.45, 2.75) is 26.3 Å². The summed E-state index contributed by atoms with van der Waals surface area (Å²) in [5.41, 5.74) is 0.0727. The molecule has 0 atom stereocenters. The van der Waals surface area contributed by atoms with Gasteiger partial charge in [-0.1, -0.05) is 23.2 Å². The zero-order chi connectivity index (χ0) is 16.7. The maximum atomic E-state index is 11.4. The van der Waals surface area contributed by atoms with Gasteiger partial charge in [0, 0.05) is 17.7 Å². The number of non-ortho nitro benzene ring substituents is 1. The van der Waals surface area contributed by atoms with Gasteiger partial charge in [-0.3, -0.25) is 14.9 Å². The van der Waals surface area contributed by atoms with Crippen LogP contribution in [0.15, 0.2) is 18.2 Å². The predicted molar refractivity (Wildman–Crippen MR) is 84.7 cm³/mol. The number of nitrogens with zero attached hydrogens (tertiary/aromatic N) is 3. The summed E-state index contributed by atoms with van der Waals surface area (Å²) in [6, 6.07) is 3.96. The smallest absolute Gasteiger partial charge is 0.270 e. The standard InChI is InChI=1S/C14H13Cl2N3O3/c1-14(2,3)18-13(16)10(7-20)12(17-18)9-6-8(19(21)22)4-5-11(9)15/h4-7H,1-3H3. The summed E-state index contributed by atoms with van der Waals surface area (Å²) in [6.07, 6.45) is 0.571. The van der Waals surface area contributed by atoms with Crippen LogP contribution in [0, 0.1) is 10.1 Å². The van der Waals surface area contributed by atoms with Crippen LogP contribution >= 0.6 is 23.2 Å². The van der Waals surface area contributed by atoms with Crippen LogP contribution in [-0.2, 0) is 5.54 Å². The van der Waals surface area contributed by atoms with Gasteiger partial charge in [-0.15, -0.1) is 0 Å². The minimum atomic E-state index is -0.539. The molecule has 1 aromatic carbocycles. The van der Waals surface area contributed by atoms with Crippen LogP contribution in [0.1, 0.15) is 31.1 Å². The molecule has 22 heavy (non-hydrogen) atoms. The molecule has 0 aliphatic carbocycles. The summed E-state index contributed by atoms with van der Waals surface area (Å²) >= 11 is 12.3.